The standard InChI is InChI=1S/C11H19NO/c13-11-7-4-8-12(9-11)10-5-2-1-3-6-10/h4,7,10-11,13H,1-3,5-6,8-9H2. The molecule has 0 radical (unpaired) electrons. The third kappa shape index (κ3) is 2.32. The third-order valence-corrected chi connectivity index (χ3v) is 3.21. The van der Waals surface area contributed by atoms with Crippen LogP contribution in [0.3, 0.4) is 0 Å². The van der Waals surface area contributed by atoms with E-state index < -0.39 is 0 Å². The van der Waals surface area contributed by atoms with Gasteiger partial charge in [0.15, 0.2) is 0 Å². The van der Waals surface area contributed by atoms with Gasteiger partial charge in [-0.3, -0.25) is 4.90 Å². The number of β-amino-alcohol motifs (C(OH)–C–C–N with tert-alkyl or cyclic N) is 1. The van der Waals surface area contributed by atoms with Gasteiger partial charge in [0.25, 0.3) is 0 Å². The van der Waals surface area contributed by atoms with Crippen LogP contribution < -0.4 is 0 Å². The fourth-order valence-corrected chi connectivity index (χ4v) is 2.47. The molecule has 2 nitrogen and oxygen atoms in total. The van der Waals surface area contributed by atoms with Gasteiger partial charge in [0.2, 0.25) is 0 Å². The number of rotatable bonds is 1. The monoisotopic (exact) mass is 181 g/mol. The SMILES string of the molecule is OC1C=CCN(C2CCCCC2)C1. The highest BCUT2D eigenvalue weighted by molar-refractivity contribution is 4.99. The Balaban J connectivity index is 1.88. The van der Waals surface area contributed by atoms with E-state index in [9.17, 15) is 5.11 Å². The summed E-state index contributed by atoms with van der Waals surface area (Å²) in [6.45, 7) is 1.89. The van der Waals surface area contributed by atoms with Crippen molar-refractivity contribution in [2.75, 3.05) is 13.1 Å². The molecule has 74 valence electrons. The minimum atomic E-state index is -0.226. The van der Waals surface area contributed by atoms with E-state index >= 15 is 0 Å². The fourth-order valence-electron chi connectivity index (χ4n) is 2.47. The topological polar surface area (TPSA) is 23.5 Å². The van der Waals surface area contributed by atoms with Crippen molar-refractivity contribution in [1.82, 2.24) is 4.90 Å². The predicted octanol–water partition coefficient (Wildman–Crippen LogP) is 1.55. The van der Waals surface area contributed by atoms with Crippen molar-refractivity contribution in [1.29, 1.82) is 0 Å². The molecule has 0 aromatic carbocycles. The smallest absolute Gasteiger partial charge is 0.0848 e. The average Bonchev–Trinajstić information content (AvgIpc) is 2.19. The first-order chi connectivity index (χ1) is 6.36. The maximum Gasteiger partial charge on any atom is 0.0848 e. The number of aliphatic hydroxyl groups excluding tert-OH is 1. The van der Waals surface area contributed by atoms with E-state index in [1.54, 1.807) is 0 Å². The number of hydrogen-bond donors (Lipinski definition) is 1. The molecule has 1 atom stereocenters. The summed E-state index contributed by atoms with van der Waals surface area (Å²) in [4.78, 5) is 2.43. The van der Waals surface area contributed by atoms with E-state index in [-0.39, 0.29) is 6.10 Å². The van der Waals surface area contributed by atoms with E-state index in [0.29, 0.717) is 0 Å². The molecule has 0 aromatic heterocycles. The lowest BCUT2D eigenvalue weighted by atomic mass is 9.93. The number of aliphatic hydroxyl groups is 1. The van der Waals surface area contributed by atoms with Crippen LogP contribution >= 0.6 is 0 Å². The number of nitrogens with zero attached hydrogens (tertiary/aromatic N) is 1. The zero-order valence-electron chi connectivity index (χ0n) is 8.15. The minimum Gasteiger partial charge on any atom is -0.388 e. The van der Waals surface area contributed by atoms with E-state index in [1.807, 2.05) is 6.08 Å². The second-order valence-corrected chi connectivity index (χ2v) is 4.24. The first-order valence-corrected chi connectivity index (χ1v) is 5.45. The summed E-state index contributed by atoms with van der Waals surface area (Å²) in [5, 5.41) is 9.48. The second kappa shape index (κ2) is 4.25. The van der Waals surface area contributed by atoms with Crippen molar-refractivity contribution in [2.24, 2.45) is 0 Å². The van der Waals surface area contributed by atoms with Crippen LogP contribution in [0, 0.1) is 0 Å². The van der Waals surface area contributed by atoms with E-state index in [0.717, 1.165) is 19.1 Å². The van der Waals surface area contributed by atoms with E-state index in [1.165, 1.54) is 32.1 Å². The summed E-state index contributed by atoms with van der Waals surface area (Å²) in [5.74, 6) is 0. The van der Waals surface area contributed by atoms with Crippen molar-refractivity contribution in [2.45, 2.75) is 44.2 Å². The zero-order valence-corrected chi connectivity index (χ0v) is 8.15. The quantitative estimate of drug-likeness (QED) is 0.620. The highest BCUT2D eigenvalue weighted by Gasteiger charge is 2.23. The molecule has 1 N–H and O–H groups in total. The third-order valence-electron chi connectivity index (χ3n) is 3.21. The highest BCUT2D eigenvalue weighted by atomic mass is 16.3. The Bertz CT molecular complexity index is 185. The first-order valence-electron chi connectivity index (χ1n) is 5.45. The summed E-state index contributed by atoms with van der Waals surface area (Å²) < 4.78 is 0. The molecule has 0 saturated heterocycles. The van der Waals surface area contributed by atoms with Crippen LogP contribution in [0.5, 0.6) is 0 Å². The van der Waals surface area contributed by atoms with Crippen LogP contribution in [0.25, 0.3) is 0 Å². The lowest BCUT2D eigenvalue weighted by Gasteiger charge is -2.36. The summed E-state index contributed by atoms with van der Waals surface area (Å²) in [6, 6.07) is 0.744. The highest BCUT2D eigenvalue weighted by Crippen LogP contribution is 2.23. The zero-order chi connectivity index (χ0) is 9.10. The van der Waals surface area contributed by atoms with Gasteiger partial charge in [-0.1, -0.05) is 31.4 Å². The lowest BCUT2D eigenvalue weighted by Crippen LogP contribution is -2.43. The molecule has 1 saturated carbocycles. The molecule has 2 aliphatic rings. The van der Waals surface area contributed by atoms with Gasteiger partial charge < -0.3 is 5.11 Å². The fraction of sp³-hybridized carbons (Fsp3) is 0.818. The van der Waals surface area contributed by atoms with Gasteiger partial charge in [-0.2, -0.15) is 0 Å². The van der Waals surface area contributed by atoms with Gasteiger partial charge in [-0.05, 0) is 12.8 Å². The van der Waals surface area contributed by atoms with Crippen molar-refractivity contribution in [3.63, 3.8) is 0 Å². The van der Waals surface area contributed by atoms with Crippen LogP contribution in [0.15, 0.2) is 12.2 Å². The van der Waals surface area contributed by atoms with E-state index in [2.05, 4.69) is 11.0 Å². The molecule has 0 amide bonds. The molecule has 1 heterocycles. The Morgan fingerprint density at radius 3 is 2.62 bits per heavy atom. The van der Waals surface area contributed by atoms with E-state index in [4.69, 9.17) is 0 Å². The molecule has 1 aliphatic heterocycles. The Morgan fingerprint density at radius 2 is 1.92 bits per heavy atom. The Labute approximate surface area is 80.2 Å². The van der Waals surface area contributed by atoms with Crippen LogP contribution in [0.4, 0.5) is 0 Å². The Morgan fingerprint density at radius 1 is 1.15 bits per heavy atom. The van der Waals surface area contributed by atoms with Gasteiger partial charge in [0.05, 0.1) is 6.10 Å². The largest absolute Gasteiger partial charge is 0.388 e. The Hall–Kier alpha value is -0.340. The molecule has 13 heavy (non-hydrogen) atoms. The summed E-state index contributed by atoms with van der Waals surface area (Å²) in [6.07, 6.45) is 10.6. The minimum absolute atomic E-state index is 0.226. The predicted molar refractivity (Wildman–Crippen MR) is 53.6 cm³/mol. The van der Waals surface area contributed by atoms with Gasteiger partial charge >= 0.3 is 0 Å². The normalized spacial score (nSPS) is 32.2. The molecule has 1 aliphatic carbocycles. The maximum atomic E-state index is 9.48. The van der Waals surface area contributed by atoms with Gasteiger partial charge in [-0.15, -0.1) is 0 Å². The van der Waals surface area contributed by atoms with Crippen molar-refractivity contribution < 1.29 is 5.11 Å². The van der Waals surface area contributed by atoms with Crippen molar-refractivity contribution >= 4 is 0 Å². The Kier molecular flexibility index (Phi) is 3.01. The number of hydrogen-bond acceptors (Lipinski definition) is 2. The molecule has 2 heteroatoms. The molecule has 0 bridgehead atoms. The van der Waals surface area contributed by atoms with Gasteiger partial charge in [0, 0.05) is 19.1 Å². The molecular formula is C11H19NO. The van der Waals surface area contributed by atoms with Crippen LogP contribution in [-0.2, 0) is 0 Å². The lowest BCUT2D eigenvalue weighted by molar-refractivity contribution is 0.0960. The first kappa shape index (κ1) is 9.22. The van der Waals surface area contributed by atoms with Gasteiger partial charge in [-0.25, -0.2) is 0 Å². The molecule has 0 spiro atoms. The molecule has 0 aromatic rings. The second-order valence-electron chi connectivity index (χ2n) is 4.24. The van der Waals surface area contributed by atoms with Gasteiger partial charge in [0.1, 0.15) is 0 Å². The maximum absolute atomic E-state index is 9.48. The van der Waals surface area contributed by atoms with Crippen LogP contribution in [0.1, 0.15) is 32.1 Å². The molecule has 1 fully saturated rings. The molecular weight excluding hydrogens is 162 g/mol. The summed E-state index contributed by atoms with van der Waals surface area (Å²) in [7, 11) is 0. The van der Waals surface area contributed by atoms with Crippen LogP contribution in [-0.4, -0.2) is 35.2 Å². The van der Waals surface area contributed by atoms with Crippen molar-refractivity contribution in [3.05, 3.63) is 12.2 Å². The van der Waals surface area contributed by atoms with Crippen LogP contribution in [0.2, 0.25) is 0 Å². The summed E-state index contributed by atoms with van der Waals surface area (Å²) >= 11 is 0. The summed E-state index contributed by atoms with van der Waals surface area (Å²) in [5.41, 5.74) is 0. The van der Waals surface area contributed by atoms with Crippen molar-refractivity contribution in [3.8, 4) is 0 Å². The average molecular weight is 181 g/mol. The molecule has 2 rings (SSSR count). The molecule has 1 unspecified atom stereocenters.